The van der Waals surface area contributed by atoms with Gasteiger partial charge in [0.2, 0.25) is 0 Å². The zero-order chi connectivity index (χ0) is 12.2. The summed E-state index contributed by atoms with van der Waals surface area (Å²) in [4.78, 5) is 15.0. The van der Waals surface area contributed by atoms with Gasteiger partial charge in [0, 0.05) is 6.54 Å². The highest BCUT2D eigenvalue weighted by Gasteiger charge is 2.26. The second-order valence-corrected chi connectivity index (χ2v) is 6.67. The van der Waals surface area contributed by atoms with Crippen LogP contribution in [-0.2, 0) is 11.3 Å². The largest absolute Gasteiger partial charge is 0.481 e. The standard InChI is InChI=1S/C10H15BrN2O2S/c1-10(2,9(14)15)3-4-12-6-8-13-5-7(11)16-8/h5,12H,3-4,6H2,1-2H3,(H,14,15). The summed E-state index contributed by atoms with van der Waals surface area (Å²) >= 11 is 4.92. The number of aromatic nitrogens is 1. The molecule has 0 aromatic carbocycles. The van der Waals surface area contributed by atoms with Crippen molar-refractivity contribution in [3.63, 3.8) is 0 Å². The van der Waals surface area contributed by atoms with E-state index in [1.807, 2.05) is 0 Å². The Kier molecular flexibility index (Phi) is 4.89. The van der Waals surface area contributed by atoms with Crippen LogP contribution in [0.15, 0.2) is 9.98 Å². The number of hydrogen-bond donors (Lipinski definition) is 2. The summed E-state index contributed by atoms with van der Waals surface area (Å²) in [6.45, 7) is 4.83. The molecule has 0 amide bonds. The summed E-state index contributed by atoms with van der Waals surface area (Å²) in [5, 5.41) is 13.1. The fraction of sp³-hybridized carbons (Fsp3) is 0.600. The fourth-order valence-electron chi connectivity index (χ4n) is 1.07. The molecule has 1 aromatic heterocycles. The van der Waals surface area contributed by atoms with Crippen LogP contribution < -0.4 is 5.32 Å². The van der Waals surface area contributed by atoms with Crippen molar-refractivity contribution in [2.24, 2.45) is 5.41 Å². The molecular weight excluding hydrogens is 292 g/mol. The van der Waals surface area contributed by atoms with Crippen LogP contribution in [0, 0.1) is 5.41 Å². The summed E-state index contributed by atoms with van der Waals surface area (Å²) in [7, 11) is 0. The van der Waals surface area contributed by atoms with Gasteiger partial charge in [-0.25, -0.2) is 4.98 Å². The van der Waals surface area contributed by atoms with Crippen LogP contribution in [-0.4, -0.2) is 22.6 Å². The van der Waals surface area contributed by atoms with Gasteiger partial charge < -0.3 is 10.4 Å². The van der Waals surface area contributed by atoms with E-state index in [2.05, 4.69) is 26.2 Å². The summed E-state index contributed by atoms with van der Waals surface area (Å²) in [5.41, 5.74) is -0.670. The minimum atomic E-state index is -0.758. The van der Waals surface area contributed by atoms with Crippen molar-refractivity contribution in [2.45, 2.75) is 26.8 Å². The minimum Gasteiger partial charge on any atom is -0.481 e. The Hall–Kier alpha value is -0.460. The van der Waals surface area contributed by atoms with Gasteiger partial charge in [0.15, 0.2) is 0 Å². The number of carboxylic acid groups (broad SMARTS) is 1. The Labute approximate surface area is 107 Å². The molecular formula is C10H15BrN2O2S. The van der Waals surface area contributed by atoms with E-state index in [0.29, 0.717) is 19.5 Å². The van der Waals surface area contributed by atoms with Gasteiger partial charge in [0.05, 0.1) is 15.4 Å². The molecule has 2 N–H and O–H groups in total. The molecule has 0 bridgehead atoms. The van der Waals surface area contributed by atoms with E-state index in [1.165, 1.54) is 0 Å². The van der Waals surface area contributed by atoms with Crippen LogP contribution in [0.2, 0.25) is 0 Å². The van der Waals surface area contributed by atoms with Gasteiger partial charge in [0.1, 0.15) is 5.01 Å². The first-order valence-corrected chi connectivity index (χ1v) is 6.57. The molecule has 90 valence electrons. The van der Waals surface area contributed by atoms with Crippen molar-refractivity contribution >= 4 is 33.2 Å². The normalized spacial score (nSPS) is 11.7. The molecule has 4 nitrogen and oxygen atoms in total. The molecule has 0 unspecified atom stereocenters. The van der Waals surface area contributed by atoms with E-state index in [9.17, 15) is 4.79 Å². The fourth-order valence-corrected chi connectivity index (χ4v) is 2.35. The van der Waals surface area contributed by atoms with Gasteiger partial charge >= 0.3 is 5.97 Å². The molecule has 16 heavy (non-hydrogen) atoms. The van der Waals surface area contributed by atoms with Crippen LogP contribution in [0.25, 0.3) is 0 Å². The molecule has 1 rings (SSSR count). The van der Waals surface area contributed by atoms with Gasteiger partial charge in [-0.3, -0.25) is 4.79 Å². The van der Waals surface area contributed by atoms with E-state index in [-0.39, 0.29) is 0 Å². The Morgan fingerprint density at radius 1 is 1.69 bits per heavy atom. The number of nitrogens with zero attached hydrogens (tertiary/aromatic N) is 1. The molecule has 1 aromatic rings. The van der Waals surface area contributed by atoms with Gasteiger partial charge in [-0.05, 0) is 42.7 Å². The molecule has 0 fully saturated rings. The molecule has 6 heteroatoms. The quantitative estimate of drug-likeness (QED) is 0.793. The topological polar surface area (TPSA) is 62.2 Å². The van der Waals surface area contributed by atoms with Crippen molar-refractivity contribution in [2.75, 3.05) is 6.54 Å². The summed E-state index contributed by atoms with van der Waals surface area (Å²) in [6.07, 6.45) is 2.37. The van der Waals surface area contributed by atoms with Crippen LogP contribution in [0.3, 0.4) is 0 Å². The van der Waals surface area contributed by atoms with Crippen LogP contribution in [0.4, 0.5) is 0 Å². The summed E-state index contributed by atoms with van der Waals surface area (Å²) in [6, 6.07) is 0. The minimum absolute atomic E-state index is 0.606. The highest BCUT2D eigenvalue weighted by Crippen LogP contribution is 2.20. The lowest BCUT2D eigenvalue weighted by molar-refractivity contribution is -0.147. The smallest absolute Gasteiger partial charge is 0.309 e. The molecule has 1 heterocycles. The van der Waals surface area contributed by atoms with Gasteiger partial charge in [0.25, 0.3) is 0 Å². The van der Waals surface area contributed by atoms with E-state index >= 15 is 0 Å². The van der Waals surface area contributed by atoms with Crippen molar-refractivity contribution in [1.82, 2.24) is 10.3 Å². The number of hydrogen-bond acceptors (Lipinski definition) is 4. The zero-order valence-corrected chi connectivity index (χ0v) is 11.7. The second-order valence-electron chi connectivity index (χ2n) is 4.17. The monoisotopic (exact) mass is 306 g/mol. The Morgan fingerprint density at radius 2 is 2.38 bits per heavy atom. The van der Waals surface area contributed by atoms with Crippen LogP contribution >= 0.6 is 27.3 Å². The lowest BCUT2D eigenvalue weighted by Crippen LogP contribution is -2.28. The molecule has 0 saturated heterocycles. The molecule has 0 spiro atoms. The average molecular weight is 307 g/mol. The first-order valence-electron chi connectivity index (χ1n) is 4.96. The maximum Gasteiger partial charge on any atom is 0.309 e. The number of halogens is 1. The Balaban J connectivity index is 2.24. The number of thiazole rings is 1. The van der Waals surface area contributed by atoms with E-state index in [0.717, 1.165) is 8.79 Å². The molecule has 0 radical (unpaired) electrons. The van der Waals surface area contributed by atoms with Gasteiger partial charge in [-0.15, -0.1) is 11.3 Å². The molecule has 0 aliphatic rings. The van der Waals surface area contributed by atoms with Crippen molar-refractivity contribution < 1.29 is 9.90 Å². The first-order chi connectivity index (χ1) is 7.42. The third-order valence-corrected chi connectivity index (χ3v) is 3.78. The van der Waals surface area contributed by atoms with Crippen molar-refractivity contribution in [3.05, 3.63) is 15.0 Å². The van der Waals surface area contributed by atoms with Gasteiger partial charge in [-0.2, -0.15) is 0 Å². The Morgan fingerprint density at radius 3 is 2.88 bits per heavy atom. The number of aliphatic carboxylic acids is 1. The second kappa shape index (κ2) is 5.75. The van der Waals surface area contributed by atoms with Crippen molar-refractivity contribution in [1.29, 1.82) is 0 Å². The molecule has 0 saturated carbocycles. The Bertz CT molecular complexity index is 365. The predicted octanol–water partition coefficient (Wildman–Crippen LogP) is 2.50. The first kappa shape index (κ1) is 13.6. The lowest BCUT2D eigenvalue weighted by atomic mass is 9.90. The number of nitrogens with one attached hydrogen (secondary N) is 1. The maximum absolute atomic E-state index is 10.8. The van der Waals surface area contributed by atoms with E-state index in [4.69, 9.17) is 5.11 Å². The molecule has 0 aliphatic heterocycles. The number of carboxylic acids is 1. The molecule has 0 atom stereocenters. The summed E-state index contributed by atoms with van der Waals surface area (Å²) < 4.78 is 1.01. The van der Waals surface area contributed by atoms with Gasteiger partial charge in [-0.1, -0.05) is 0 Å². The lowest BCUT2D eigenvalue weighted by Gasteiger charge is -2.18. The number of carbonyl (C=O) groups is 1. The number of rotatable bonds is 6. The third kappa shape index (κ3) is 4.19. The average Bonchev–Trinajstić information content (AvgIpc) is 2.59. The zero-order valence-electron chi connectivity index (χ0n) is 9.29. The predicted molar refractivity (Wildman–Crippen MR) is 67.6 cm³/mol. The summed E-state index contributed by atoms with van der Waals surface area (Å²) in [5.74, 6) is -0.758. The van der Waals surface area contributed by atoms with Crippen LogP contribution in [0.1, 0.15) is 25.3 Å². The van der Waals surface area contributed by atoms with Crippen molar-refractivity contribution in [3.8, 4) is 0 Å². The third-order valence-electron chi connectivity index (χ3n) is 2.31. The highest BCUT2D eigenvalue weighted by molar-refractivity contribution is 9.11. The van der Waals surface area contributed by atoms with Crippen LogP contribution in [0.5, 0.6) is 0 Å². The molecule has 0 aliphatic carbocycles. The van der Waals surface area contributed by atoms with E-state index < -0.39 is 11.4 Å². The maximum atomic E-state index is 10.8. The SMILES string of the molecule is CC(C)(CCNCc1ncc(Br)s1)C(=O)O. The van der Waals surface area contributed by atoms with E-state index in [1.54, 1.807) is 31.4 Å². The highest BCUT2D eigenvalue weighted by atomic mass is 79.9.